The Kier molecular flexibility index (Phi) is 27.5. The predicted molar refractivity (Wildman–Crippen MR) is 531 cm³/mol. The standard InChI is InChI=1S/C38H38N8O3.C36H36FN9O2.C33H40N6O2/c47-24-38(37(49)42-30-8-9-32-31(21-30)35(44-43-32)29-10-16-39-33(20-29)27-4-5-27)13-19-45(23-38)22-34(48)46-17-11-26(12-18-46)25-2-6-28(7-3-25)36-40-14-1-15-41-36;1-44(2)36(35(48)41-28-9-11-31-29(20-28)33(43-42-31)25-4-7-27(37)8-5-25)14-19-45(23-36)22-32(47)46-17-12-24(13-18-46)30-10-6-26(21-40-30)34-38-15-3-16-39-34;1-3-13-33(14-18-38(22-33)21-30(40)39-16-11-25(12-17-39)24-6-4-5-7-24)32(41)35-27-8-9-29-28(20-27)31(37-36-29)26-10-15-34-23(2)19-26/h1-3,6-11,14-16,20-21,27,47H,4-5,12-13,17-19,22-24H2,(H,42,49)(H,43,44);3-12,15-16,20-21H,13-14,17-19,22-23H2,1-2H3,(H,41,48)(H,42,43);4,6-10,15,19-20,25H,3,5,11-14,16-18,21-22H2,1-2H3,(H,35,41)(H,36,37)/t38-;;/m1../s1. The van der Waals surface area contributed by atoms with Crippen LogP contribution < -0.4 is 16.0 Å². The van der Waals surface area contributed by atoms with Crippen molar-refractivity contribution in [2.45, 2.75) is 102 Å². The van der Waals surface area contributed by atoms with Crippen LogP contribution in [0.25, 0.3) is 100 Å². The molecule has 0 spiro atoms. The van der Waals surface area contributed by atoms with Crippen LogP contribution >= 0.6 is 0 Å². The van der Waals surface area contributed by atoms with Crippen LogP contribution in [0.3, 0.4) is 0 Å². The van der Waals surface area contributed by atoms with E-state index in [1.807, 2.05) is 149 Å². The van der Waals surface area contributed by atoms with Crippen LogP contribution in [0, 0.1) is 29.5 Å². The molecule has 6 amide bonds. The van der Waals surface area contributed by atoms with Crippen LogP contribution in [0.1, 0.15) is 113 Å². The van der Waals surface area contributed by atoms with E-state index in [2.05, 4.69) is 147 Å². The molecule has 706 valence electrons. The molecular weight excluding hydrogens is 1740 g/mol. The van der Waals surface area contributed by atoms with Gasteiger partial charge >= 0.3 is 0 Å². The first kappa shape index (κ1) is 92.7. The number of aliphatic hydroxyl groups is 1. The first-order valence-corrected chi connectivity index (χ1v) is 47.9. The van der Waals surface area contributed by atoms with E-state index < -0.39 is 16.4 Å². The van der Waals surface area contributed by atoms with Crippen molar-refractivity contribution in [3.8, 4) is 56.5 Å². The van der Waals surface area contributed by atoms with Gasteiger partial charge in [0.2, 0.25) is 35.4 Å². The number of nitrogens with one attached hydrogen (secondary N) is 6. The van der Waals surface area contributed by atoms with Gasteiger partial charge in [0.05, 0.1) is 65.0 Å². The Hall–Kier alpha value is -14.4. The van der Waals surface area contributed by atoms with E-state index >= 15 is 0 Å². The molecule has 14 heterocycles. The van der Waals surface area contributed by atoms with Gasteiger partial charge in [-0.2, -0.15) is 15.3 Å². The second-order valence-corrected chi connectivity index (χ2v) is 37.9. The lowest BCUT2D eigenvalue weighted by Gasteiger charge is -2.35. The number of likely N-dealkylation sites (tertiary alicyclic amines) is 4. The highest BCUT2D eigenvalue weighted by Gasteiger charge is 2.49. The number of halogens is 1. The number of pyridine rings is 3. The Morgan fingerprint density at radius 1 is 0.471 bits per heavy atom. The van der Waals surface area contributed by atoms with Crippen molar-refractivity contribution in [3.05, 3.63) is 259 Å². The van der Waals surface area contributed by atoms with Gasteiger partial charge in [-0.15, -0.1) is 0 Å². The molecule has 3 atom stereocenters. The Morgan fingerprint density at radius 3 is 1.50 bits per heavy atom. The largest absolute Gasteiger partial charge is 0.395 e. The van der Waals surface area contributed by atoms with Gasteiger partial charge in [-0.1, -0.05) is 68.0 Å². The number of nitrogens with zero attached hydrogens (tertiary/aromatic N) is 17. The molecule has 5 aromatic carbocycles. The average Bonchev–Trinajstić information content (AvgIpc) is 1.62. The van der Waals surface area contributed by atoms with Crippen LogP contribution in [0.15, 0.2) is 231 Å². The van der Waals surface area contributed by atoms with Crippen LogP contribution in [-0.2, 0) is 28.8 Å². The molecule has 5 fully saturated rings. The van der Waals surface area contributed by atoms with E-state index in [1.54, 1.807) is 61.4 Å². The molecule has 2 unspecified atom stereocenters. The topological polar surface area (TPSA) is 358 Å². The summed E-state index contributed by atoms with van der Waals surface area (Å²) in [7, 11) is 3.81. The average molecular weight is 1850 g/mol. The normalized spacial score (nSPS) is 19.7. The molecule has 6 aliphatic heterocycles. The molecule has 7 N–H and O–H groups in total. The number of benzene rings is 5. The third kappa shape index (κ3) is 20.5. The van der Waals surface area contributed by atoms with E-state index in [-0.39, 0.29) is 61.0 Å². The van der Waals surface area contributed by atoms with Crippen LogP contribution in [0.4, 0.5) is 21.5 Å². The summed E-state index contributed by atoms with van der Waals surface area (Å²) < 4.78 is 13.5. The molecule has 31 heteroatoms. The Labute approximate surface area is 799 Å². The maximum atomic E-state index is 13.9. The Bertz CT molecular complexity index is 6790. The minimum atomic E-state index is -0.995. The molecule has 8 aliphatic rings. The molecule has 0 radical (unpaired) electrons. The number of rotatable bonds is 25. The van der Waals surface area contributed by atoms with Gasteiger partial charge in [-0.05, 0) is 260 Å². The molecule has 8 aromatic heterocycles. The molecular formula is C107H114FN23O7. The number of likely N-dealkylation sites (N-methyl/N-ethyl adjacent to an activating group) is 1. The van der Waals surface area contributed by atoms with Gasteiger partial charge in [0.15, 0.2) is 11.6 Å². The van der Waals surface area contributed by atoms with Crippen molar-refractivity contribution in [1.29, 1.82) is 0 Å². The second kappa shape index (κ2) is 40.9. The van der Waals surface area contributed by atoms with Crippen molar-refractivity contribution < 1.29 is 38.3 Å². The van der Waals surface area contributed by atoms with Crippen LogP contribution in [-0.4, -0.2) is 265 Å². The number of H-pyrrole nitrogens is 3. The summed E-state index contributed by atoms with van der Waals surface area (Å²) >= 11 is 0. The molecule has 4 saturated heterocycles. The number of anilines is 3. The van der Waals surface area contributed by atoms with Crippen molar-refractivity contribution in [2.24, 2.45) is 16.7 Å². The predicted octanol–water partition coefficient (Wildman–Crippen LogP) is 14.9. The lowest BCUT2D eigenvalue weighted by Crippen LogP contribution is -2.56. The highest BCUT2D eigenvalue weighted by Crippen LogP contribution is 2.43. The zero-order valence-corrected chi connectivity index (χ0v) is 78.2. The zero-order valence-electron chi connectivity index (χ0n) is 78.2. The zero-order chi connectivity index (χ0) is 95.0. The SMILES string of the molecule is CCCC1(C(=O)Nc2ccc3[nH]nc(-c4ccnc(C)c4)c3c2)CCN(CC(=O)N2CCC(C3=CCC=C3)CC2)C1.CN(C)C1(C(=O)Nc2ccc3[nH]nc(-c4ccc(F)cc4)c3c2)CCN(CC(=O)N2CC=C(c3ccc(-c4ncccn4)cn3)CC2)C1.O=C(CN1CC[C@@](CO)(C(=O)Nc2ccc3[nH]nc(-c4ccnc(C5CC5)c4)c3c2)C1)N1CC=C(c2ccc(-c3ncccn3)cc2)CC1. The smallest absolute Gasteiger partial charge is 0.246 e. The fraction of sp³-hybridized carbons (Fsp3) is 0.346. The van der Waals surface area contributed by atoms with Crippen molar-refractivity contribution in [2.75, 3.05) is 135 Å². The van der Waals surface area contributed by atoms with Crippen molar-refractivity contribution >= 4 is 96.4 Å². The Morgan fingerprint density at radius 2 is 0.971 bits per heavy atom. The fourth-order valence-corrected chi connectivity index (χ4v) is 20.4. The highest BCUT2D eigenvalue weighted by atomic mass is 19.1. The number of allylic oxidation sites excluding steroid dienone is 4. The summed E-state index contributed by atoms with van der Waals surface area (Å²) in [5, 5.41) is 45.3. The van der Waals surface area contributed by atoms with Crippen LogP contribution in [0.5, 0.6) is 0 Å². The number of carbonyl (C=O) groups is 6. The first-order valence-electron chi connectivity index (χ1n) is 47.9. The second-order valence-electron chi connectivity index (χ2n) is 37.9. The quantitative estimate of drug-likeness (QED) is 0.0279. The van der Waals surface area contributed by atoms with Gasteiger partial charge in [0.1, 0.15) is 22.7 Å². The first-order chi connectivity index (χ1) is 67.2. The Balaban J connectivity index is 0.000000133. The van der Waals surface area contributed by atoms with Crippen molar-refractivity contribution in [1.82, 2.24) is 99.8 Å². The van der Waals surface area contributed by atoms with E-state index in [1.165, 1.54) is 36.1 Å². The fourth-order valence-electron chi connectivity index (χ4n) is 20.4. The molecule has 30 nitrogen and oxygen atoms in total. The molecule has 21 rings (SSSR count). The number of aromatic amines is 3. The maximum absolute atomic E-state index is 13.9. The third-order valence-electron chi connectivity index (χ3n) is 28.6. The minimum Gasteiger partial charge on any atom is -0.395 e. The highest BCUT2D eigenvalue weighted by molar-refractivity contribution is 6.04. The van der Waals surface area contributed by atoms with Gasteiger partial charge in [0, 0.05) is 187 Å². The number of aromatic nitrogens is 13. The van der Waals surface area contributed by atoms with Gasteiger partial charge in [-0.25, -0.2) is 24.3 Å². The monoisotopic (exact) mass is 1850 g/mol. The van der Waals surface area contributed by atoms with Crippen LogP contribution in [0.2, 0.25) is 0 Å². The number of amides is 6. The summed E-state index contributed by atoms with van der Waals surface area (Å²) in [6.45, 7) is 11.9. The van der Waals surface area contributed by atoms with Gasteiger partial charge in [0.25, 0.3) is 0 Å². The number of piperidine rings is 1. The number of hydrogen-bond acceptors (Lipinski definition) is 21. The minimum absolute atomic E-state index is 0.0277. The number of aryl methyl sites for hydroxylation is 1. The summed E-state index contributed by atoms with van der Waals surface area (Å²) in [4.78, 5) is 126. The lowest BCUT2D eigenvalue weighted by molar-refractivity contribution is -0.134. The molecule has 0 bridgehead atoms. The molecule has 13 aromatic rings. The number of hydrogen-bond donors (Lipinski definition) is 7. The summed E-state index contributed by atoms with van der Waals surface area (Å²) in [5.41, 5.74) is 17.1. The van der Waals surface area contributed by atoms with E-state index in [4.69, 9.17) is 0 Å². The lowest BCUT2D eigenvalue weighted by atomic mass is 9.81. The van der Waals surface area contributed by atoms with Crippen molar-refractivity contribution in [3.63, 3.8) is 0 Å². The summed E-state index contributed by atoms with van der Waals surface area (Å²) in [5.74, 6) is 2.06. The third-order valence-corrected chi connectivity index (χ3v) is 28.6. The summed E-state index contributed by atoms with van der Waals surface area (Å²) in [6, 6.07) is 47.1. The molecule has 1 saturated carbocycles. The van der Waals surface area contributed by atoms with E-state index in [0.29, 0.717) is 125 Å². The van der Waals surface area contributed by atoms with E-state index in [9.17, 15) is 38.3 Å². The number of aliphatic hydroxyl groups excluding tert-OH is 1. The molecule has 138 heavy (non-hydrogen) atoms. The number of fused-ring (bicyclic) bond motifs is 3. The molecule has 2 aliphatic carbocycles. The summed E-state index contributed by atoms with van der Waals surface area (Å²) in [6.07, 6.45) is 33.7. The van der Waals surface area contributed by atoms with Gasteiger partial charge < -0.3 is 35.8 Å². The number of carbonyl (C=O) groups excluding carboxylic acids is 6. The van der Waals surface area contributed by atoms with Gasteiger partial charge in [-0.3, -0.25) is 78.6 Å². The maximum Gasteiger partial charge on any atom is 0.246 e. The van der Waals surface area contributed by atoms with E-state index in [0.717, 1.165) is 170 Å².